The molecular formula is C22H29N3O2S. The molecule has 28 heavy (non-hydrogen) atoms. The van der Waals surface area contributed by atoms with E-state index in [0.717, 1.165) is 36.2 Å². The van der Waals surface area contributed by atoms with Crippen molar-refractivity contribution >= 4 is 27.6 Å². The molecule has 6 heteroatoms. The summed E-state index contributed by atoms with van der Waals surface area (Å²) < 4.78 is 18.5. The van der Waals surface area contributed by atoms with Gasteiger partial charge in [0, 0.05) is 17.0 Å². The van der Waals surface area contributed by atoms with Gasteiger partial charge in [-0.3, -0.25) is 9.36 Å². The number of aromatic nitrogens is 2. The van der Waals surface area contributed by atoms with E-state index >= 15 is 0 Å². The van der Waals surface area contributed by atoms with Crippen molar-refractivity contribution in [1.82, 2.24) is 9.55 Å². The van der Waals surface area contributed by atoms with Crippen LogP contribution in [0.15, 0.2) is 21.3 Å². The Morgan fingerprint density at radius 2 is 2.00 bits per heavy atom. The van der Waals surface area contributed by atoms with E-state index in [-0.39, 0.29) is 17.0 Å². The van der Waals surface area contributed by atoms with Crippen LogP contribution in [0.5, 0.6) is 0 Å². The van der Waals surface area contributed by atoms with Crippen LogP contribution in [0.25, 0.3) is 10.9 Å². The predicted octanol–water partition coefficient (Wildman–Crippen LogP) is 4.36. The Hall–Kier alpha value is -1.82. The van der Waals surface area contributed by atoms with Gasteiger partial charge in [0.15, 0.2) is 0 Å². The molecule has 2 aromatic rings. The van der Waals surface area contributed by atoms with Crippen molar-refractivity contribution < 1.29 is 4.21 Å². The molecule has 1 aromatic heterocycles. The molecule has 0 N–H and O–H groups in total. The van der Waals surface area contributed by atoms with Crippen LogP contribution in [0.4, 0.5) is 0 Å². The second kappa shape index (κ2) is 6.34. The number of hydrogen-bond donors (Lipinski definition) is 0. The largest absolute Gasteiger partial charge is 0.293 e. The van der Waals surface area contributed by atoms with E-state index < -0.39 is 15.7 Å². The normalized spacial score (nSPS) is 22.4. The molecule has 0 bridgehead atoms. The van der Waals surface area contributed by atoms with Crippen LogP contribution in [-0.2, 0) is 16.4 Å². The third-order valence-electron chi connectivity index (χ3n) is 6.19. The van der Waals surface area contributed by atoms with Gasteiger partial charge in [0.1, 0.15) is 16.8 Å². The lowest BCUT2D eigenvalue weighted by atomic mass is 9.66. The summed E-state index contributed by atoms with van der Waals surface area (Å²) >= 11 is 0. The lowest BCUT2D eigenvalue weighted by Gasteiger charge is -2.37. The smallest absolute Gasteiger partial charge is 0.261 e. The maximum atomic E-state index is 13.4. The van der Waals surface area contributed by atoms with Crippen LogP contribution in [0, 0.1) is 6.92 Å². The lowest BCUT2D eigenvalue weighted by molar-refractivity contribution is 0.230. The summed E-state index contributed by atoms with van der Waals surface area (Å²) in [6, 6.07) is 4.12. The Labute approximate surface area is 168 Å². The summed E-state index contributed by atoms with van der Waals surface area (Å²) in [7, 11) is -1.36. The number of fused-ring (bicyclic) bond motifs is 3. The van der Waals surface area contributed by atoms with Gasteiger partial charge in [0.2, 0.25) is 0 Å². The lowest BCUT2D eigenvalue weighted by Crippen LogP contribution is -2.34. The van der Waals surface area contributed by atoms with Crippen LogP contribution < -0.4 is 5.56 Å². The van der Waals surface area contributed by atoms with Crippen LogP contribution in [0.3, 0.4) is 0 Å². The van der Waals surface area contributed by atoms with E-state index in [9.17, 15) is 9.00 Å². The average Bonchev–Trinajstić information content (AvgIpc) is 2.87. The van der Waals surface area contributed by atoms with E-state index in [1.165, 1.54) is 6.42 Å². The molecule has 150 valence electrons. The van der Waals surface area contributed by atoms with E-state index in [0.29, 0.717) is 16.6 Å². The molecule has 2 aliphatic rings. The molecule has 0 unspecified atom stereocenters. The molecule has 5 nitrogen and oxygen atoms in total. The molecule has 0 radical (unpaired) electrons. The van der Waals surface area contributed by atoms with Crippen molar-refractivity contribution in [2.75, 3.05) is 0 Å². The molecule has 0 amide bonds. The Kier molecular flexibility index (Phi) is 4.42. The topological polar surface area (TPSA) is 64.3 Å². The minimum Gasteiger partial charge on any atom is -0.293 e. The third kappa shape index (κ3) is 2.88. The Bertz CT molecular complexity index is 1090. The summed E-state index contributed by atoms with van der Waals surface area (Å²) in [5.41, 5.74) is 3.30. The summed E-state index contributed by atoms with van der Waals surface area (Å²) in [6.07, 6.45) is 4.42. The van der Waals surface area contributed by atoms with Crippen molar-refractivity contribution in [1.29, 1.82) is 0 Å². The highest BCUT2D eigenvalue weighted by Gasteiger charge is 2.48. The first-order valence-corrected chi connectivity index (χ1v) is 11.2. The van der Waals surface area contributed by atoms with Gasteiger partial charge in [-0.05, 0) is 78.5 Å². The number of hydrogen-bond acceptors (Lipinski definition) is 3. The summed E-state index contributed by atoms with van der Waals surface area (Å²) in [5, 5.41) is 0.637. The zero-order valence-corrected chi connectivity index (χ0v) is 18.4. The van der Waals surface area contributed by atoms with E-state index in [2.05, 4.69) is 11.3 Å². The molecule has 1 aromatic carbocycles. The Balaban J connectivity index is 1.98. The van der Waals surface area contributed by atoms with Crippen molar-refractivity contribution in [3.8, 4) is 0 Å². The Morgan fingerprint density at radius 1 is 1.32 bits per heavy atom. The number of rotatable bonds is 2. The maximum absolute atomic E-state index is 13.4. The molecule has 1 saturated carbocycles. The van der Waals surface area contributed by atoms with Crippen molar-refractivity contribution in [3.63, 3.8) is 0 Å². The summed E-state index contributed by atoms with van der Waals surface area (Å²) in [5.74, 6) is 0.943. The molecule has 1 fully saturated rings. The maximum Gasteiger partial charge on any atom is 0.261 e. The van der Waals surface area contributed by atoms with Gasteiger partial charge in [-0.15, -0.1) is 0 Å². The summed E-state index contributed by atoms with van der Waals surface area (Å²) in [4.78, 5) is 18.4. The van der Waals surface area contributed by atoms with Gasteiger partial charge >= 0.3 is 0 Å². The van der Waals surface area contributed by atoms with Crippen LogP contribution >= 0.6 is 0 Å². The standard InChI is InChI=1S/C22H29N3O2S/c1-13-10-16(15(3)24-28(27)21(4,5)6)18-17(11-13)19(26)25-14(2)12-22(8-7-9-22)20(25)23-18/h10-11,14H,7-9,12H2,1-6H3/b24-15-/t14-,28-/m1/s1. The second-order valence-electron chi connectivity index (χ2n) is 9.54. The first-order valence-electron chi connectivity index (χ1n) is 10.1. The first-order chi connectivity index (χ1) is 13.0. The van der Waals surface area contributed by atoms with Gasteiger partial charge in [-0.1, -0.05) is 6.42 Å². The van der Waals surface area contributed by atoms with Gasteiger partial charge in [-0.2, -0.15) is 4.40 Å². The summed E-state index contributed by atoms with van der Waals surface area (Å²) in [6.45, 7) is 11.7. The SMILES string of the molecule is C/C(=N/[S@](=O)C(C)(C)C)c1cc(C)cc2c(=O)n3c(nc12)C1(CCC1)C[C@H]3C. The van der Waals surface area contributed by atoms with E-state index in [1.54, 1.807) is 0 Å². The zero-order chi connectivity index (χ0) is 20.4. The molecule has 1 aliphatic carbocycles. The van der Waals surface area contributed by atoms with Gasteiger partial charge in [0.25, 0.3) is 5.56 Å². The molecule has 1 spiro atoms. The minimum absolute atomic E-state index is 0.0472. The number of benzene rings is 1. The monoisotopic (exact) mass is 399 g/mol. The van der Waals surface area contributed by atoms with Gasteiger partial charge in [-0.25, -0.2) is 9.19 Å². The number of aryl methyl sites for hydroxylation is 1. The second-order valence-corrected chi connectivity index (χ2v) is 11.5. The quantitative estimate of drug-likeness (QED) is 0.705. The highest BCUT2D eigenvalue weighted by atomic mass is 32.2. The predicted molar refractivity (Wildman–Crippen MR) is 116 cm³/mol. The van der Waals surface area contributed by atoms with Crippen LogP contribution in [-0.4, -0.2) is 24.2 Å². The molecule has 0 saturated heterocycles. The average molecular weight is 400 g/mol. The van der Waals surface area contributed by atoms with Gasteiger partial charge < -0.3 is 0 Å². The van der Waals surface area contributed by atoms with E-state index in [4.69, 9.17) is 4.98 Å². The molecule has 4 rings (SSSR count). The van der Waals surface area contributed by atoms with Crippen LogP contribution in [0.1, 0.15) is 83.3 Å². The molecule has 2 heterocycles. The molecular weight excluding hydrogens is 370 g/mol. The first kappa shape index (κ1) is 19.5. The minimum atomic E-state index is -1.36. The highest BCUT2D eigenvalue weighted by molar-refractivity contribution is 7.85. The van der Waals surface area contributed by atoms with Crippen molar-refractivity contribution in [3.05, 3.63) is 39.4 Å². The molecule has 1 aliphatic heterocycles. The van der Waals surface area contributed by atoms with E-state index in [1.807, 2.05) is 51.3 Å². The fourth-order valence-electron chi connectivity index (χ4n) is 4.60. The van der Waals surface area contributed by atoms with Crippen LogP contribution in [0.2, 0.25) is 0 Å². The molecule has 2 atom stereocenters. The van der Waals surface area contributed by atoms with Crippen molar-refractivity contribution in [2.45, 2.75) is 83.4 Å². The van der Waals surface area contributed by atoms with Gasteiger partial charge in [0.05, 0.1) is 21.4 Å². The Morgan fingerprint density at radius 3 is 2.57 bits per heavy atom. The highest BCUT2D eigenvalue weighted by Crippen LogP contribution is 2.52. The van der Waals surface area contributed by atoms with Crippen molar-refractivity contribution in [2.24, 2.45) is 4.40 Å². The zero-order valence-electron chi connectivity index (χ0n) is 17.6. The third-order valence-corrected chi connectivity index (χ3v) is 7.68. The number of nitrogens with zero attached hydrogens (tertiary/aromatic N) is 3. The fraction of sp³-hybridized carbons (Fsp3) is 0.591. The fourth-order valence-corrected chi connectivity index (χ4v) is 5.22.